The summed E-state index contributed by atoms with van der Waals surface area (Å²) in [4.78, 5) is 9.32. The van der Waals surface area contributed by atoms with E-state index in [0.717, 1.165) is 36.2 Å². The van der Waals surface area contributed by atoms with Crippen LogP contribution >= 0.6 is 11.6 Å². The molecule has 0 saturated carbocycles. The van der Waals surface area contributed by atoms with Gasteiger partial charge in [0.2, 0.25) is 0 Å². The highest BCUT2D eigenvalue weighted by atomic mass is 35.5. The zero-order chi connectivity index (χ0) is 13.8. The molecule has 2 rings (SSSR count). The second-order valence-electron chi connectivity index (χ2n) is 5.40. The number of hydrogen-bond donors (Lipinski definition) is 1. The Morgan fingerprint density at radius 3 is 2.95 bits per heavy atom. The van der Waals surface area contributed by atoms with Crippen molar-refractivity contribution in [3.63, 3.8) is 0 Å². The van der Waals surface area contributed by atoms with E-state index in [0.29, 0.717) is 6.04 Å². The molecule has 1 saturated heterocycles. The van der Waals surface area contributed by atoms with Gasteiger partial charge in [-0.2, -0.15) is 0 Å². The van der Waals surface area contributed by atoms with E-state index in [1.54, 1.807) is 0 Å². The molecule has 4 nitrogen and oxygen atoms in total. The van der Waals surface area contributed by atoms with Crippen molar-refractivity contribution >= 4 is 17.4 Å². The van der Waals surface area contributed by atoms with E-state index in [2.05, 4.69) is 34.2 Å². The minimum Gasteiger partial charge on any atom is -0.373 e. The summed E-state index contributed by atoms with van der Waals surface area (Å²) in [5.41, 5.74) is 0.971. The smallest absolute Gasteiger partial charge is 0.126 e. The SMILES string of the molecule is CNc1ccc(Cl)c(CN2CCCC2CN(C)C)n1. The van der Waals surface area contributed by atoms with Gasteiger partial charge in [-0.25, -0.2) is 4.98 Å². The maximum Gasteiger partial charge on any atom is 0.126 e. The molecule has 0 aromatic carbocycles. The Morgan fingerprint density at radius 1 is 1.47 bits per heavy atom. The Morgan fingerprint density at radius 2 is 2.26 bits per heavy atom. The lowest BCUT2D eigenvalue weighted by Gasteiger charge is -2.27. The van der Waals surface area contributed by atoms with E-state index in [1.165, 1.54) is 12.8 Å². The minimum atomic E-state index is 0.617. The number of pyridine rings is 1. The molecule has 0 amide bonds. The van der Waals surface area contributed by atoms with Crippen molar-refractivity contribution in [2.24, 2.45) is 0 Å². The zero-order valence-electron chi connectivity index (χ0n) is 12.0. The van der Waals surface area contributed by atoms with Gasteiger partial charge < -0.3 is 10.2 Å². The van der Waals surface area contributed by atoms with Gasteiger partial charge in [0.1, 0.15) is 5.82 Å². The highest BCUT2D eigenvalue weighted by Gasteiger charge is 2.25. The third-order valence-corrected chi connectivity index (χ3v) is 3.95. The number of nitrogens with one attached hydrogen (secondary N) is 1. The first-order chi connectivity index (χ1) is 9.10. The first-order valence-electron chi connectivity index (χ1n) is 6.82. The molecule has 0 radical (unpaired) electrons. The molecular weight excluding hydrogens is 260 g/mol. The number of hydrogen-bond acceptors (Lipinski definition) is 4. The molecule has 19 heavy (non-hydrogen) atoms. The Hall–Kier alpha value is -0.840. The molecule has 0 spiro atoms. The highest BCUT2D eigenvalue weighted by Crippen LogP contribution is 2.24. The Balaban J connectivity index is 2.07. The van der Waals surface area contributed by atoms with Gasteiger partial charge in [0.05, 0.1) is 10.7 Å². The van der Waals surface area contributed by atoms with E-state index < -0.39 is 0 Å². The fourth-order valence-corrected chi connectivity index (χ4v) is 2.82. The van der Waals surface area contributed by atoms with E-state index in [-0.39, 0.29) is 0 Å². The number of halogens is 1. The lowest BCUT2D eigenvalue weighted by Crippen LogP contribution is -2.37. The number of rotatable bonds is 5. The monoisotopic (exact) mass is 282 g/mol. The maximum atomic E-state index is 6.26. The molecule has 1 N–H and O–H groups in total. The van der Waals surface area contributed by atoms with Crippen LogP contribution in [0.3, 0.4) is 0 Å². The summed E-state index contributed by atoms with van der Waals surface area (Å²) in [5.74, 6) is 0.878. The van der Waals surface area contributed by atoms with Crippen LogP contribution < -0.4 is 5.32 Å². The summed E-state index contributed by atoms with van der Waals surface area (Å²) >= 11 is 6.26. The number of anilines is 1. The quantitative estimate of drug-likeness (QED) is 0.898. The van der Waals surface area contributed by atoms with Crippen molar-refractivity contribution in [2.45, 2.75) is 25.4 Å². The molecule has 1 aliphatic heterocycles. The number of likely N-dealkylation sites (tertiary alicyclic amines) is 1. The van der Waals surface area contributed by atoms with Gasteiger partial charge >= 0.3 is 0 Å². The number of aromatic nitrogens is 1. The van der Waals surface area contributed by atoms with Gasteiger partial charge in [-0.3, -0.25) is 4.90 Å². The van der Waals surface area contributed by atoms with Crippen LogP contribution in [0.25, 0.3) is 0 Å². The van der Waals surface area contributed by atoms with Crippen LogP contribution in [-0.4, -0.2) is 55.1 Å². The van der Waals surface area contributed by atoms with Gasteiger partial charge in [-0.05, 0) is 45.6 Å². The Labute approximate surface area is 120 Å². The number of nitrogens with zero attached hydrogens (tertiary/aromatic N) is 3. The predicted molar refractivity (Wildman–Crippen MR) is 80.8 cm³/mol. The van der Waals surface area contributed by atoms with Crippen LogP contribution in [0.1, 0.15) is 18.5 Å². The minimum absolute atomic E-state index is 0.617. The van der Waals surface area contributed by atoms with Gasteiger partial charge in [-0.15, -0.1) is 0 Å². The molecule has 1 atom stereocenters. The van der Waals surface area contributed by atoms with Crippen LogP contribution in [0.5, 0.6) is 0 Å². The molecular formula is C14H23ClN4. The van der Waals surface area contributed by atoms with Crippen molar-refractivity contribution in [2.75, 3.05) is 39.5 Å². The normalized spacial score (nSPS) is 20.2. The summed E-state index contributed by atoms with van der Waals surface area (Å²) in [6, 6.07) is 4.45. The second kappa shape index (κ2) is 6.55. The van der Waals surface area contributed by atoms with Crippen molar-refractivity contribution in [3.05, 3.63) is 22.8 Å². The van der Waals surface area contributed by atoms with Crippen LogP contribution in [0, 0.1) is 0 Å². The third kappa shape index (κ3) is 3.81. The average molecular weight is 283 g/mol. The summed E-state index contributed by atoms with van der Waals surface area (Å²) in [7, 11) is 6.14. The highest BCUT2D eigenvalue weighted by molar-refractivity contribution is 6.31. The molecule has 1 aromatic heterocycles. The first kappa shape index (κ1) is 14.6. The van der Waals surface area contributed by atoms with E-state index >= 15 is 0 Å². The van der Waals surface area contributed by atoms with Gasteiger partial charge in [-0.1, -0.05) is 11.6 Å². The Kier molecular flexibility index (Phi) is 5.02. The second-order valence-corrected chi connectivity index (χ2v) is 5.81. The lowest BCUT2D eigenvalue weighted by molar-refractivity contribution is 0.199. The summed E-state index contributed by atoms with van der Waals surface area (Å²) in [6.07, 6.45) is 2.53. The third-order valence-electron chi connectivity index (χ3n) is 3.60. The van der Waals surface area contributed by atoms with Crippen LogP contribution in [-0.2, 0) is 6.54 Å². The molecule has 2 heterocycles. The lowest BCUT2D eigenvalue weighted by atomic mass is 10.2. The molecule has 1 aliphatic rings. The molecule has 1 unspecified atom stereocenters. The molecule has 1 aromatic rings. The van der Waals surface area contributed by atoms with E-state index in [9.17, 15) is 0 Å². The van der Waals surface area contributed by atoms with Crippen molar-refractivity contribution in [1.29, 1.82) is 0 Å². The maximum absolute atomic E-state index is 6.26. The van der Waals surface area contributed by atoms with Crippen LogP contribution in [0.2, 0.25) is 5.02 Å². The molecule has 1 fully saturated rings. The fraction of sp³-hybridized carbons (Fsp3) is 0.643. The Bertz CT molecular complexity index is 422. The zero-order valence-corrected chi connectivity index (χ0v) is 12.7. The topological polar surface area (TPSA) is 31.4 Å². The van der Waals surface area contributed by atoms with Crippen LogP contribution in [0.4, 0.5) is 5.82 Å². The predicted octanol–water partition coefficient (Wildman–Crippen LogP) is 2.30. The van der Waals surface area contributed by atoms with E-state index in [1.807, 2.05) is 19.2 Å². The standard InChI is InChI=1S/C14H23ClN4/c1-16-14-7-6-12(15)13(17-14)10-19-8-4-5-11(19)9-18(2)3/h6-7,11H,4-5,8-10H2,1-3H3,(H,16,17). The summed E-state index contributed by atoms with van der Waals surface area (Å²) in [5, 5.41) is 3.83. The van der Waals surface area contributed by atoms with Gasteiger partial charge in [0, 0.05) is 26.2 Å². The molecule has 0 bridgehead atoms. The summed E-state index contributed by atoms with van der Waals surface area (Å²) in [6.45, 7) is 3.08. The molecule has 106 valence electrons. The van der Waals surface area contributed by atoms with Gasteiger partial charge in [0.15, 0.2) is 0 Å². The first-order valence-corrected chi connectivity index (χ1v) is 7.20. The van der Waals surface area contributed by atoms with Crippen molar-refractivity contribution < 1.29 is 0 Å². The molecule has 0 aliphatic carbocycles. The molecule has 5 heteroatoms. The van der Waals surface area contributed by atoms with E-state index in [4.69, 9.17) is 11.6 Å². The summed E-state index contributed by atoms with van der Waals surface area (Å²) < 4.78 is 0. The fourth-order valence-electron chi connectivity index (χ4n) is 2.66. The van der Waals surface area contributed by atoms with Crippen molar-refractivity contribution in [1.82, 2.24) is 14.8 Å². The van der Waals surface area contributed by atoms with Crippen LogP contribution in [0.15, 0.2) is 12.1 Å². The largest absolute Gasteiger partial charge is 0.373 e. The number of likely N-dealkylation sites (N-methyl/N-ethyl adjacent to an activating group) is 1. The van der Waals surface area contributed by atoms with Gasteiger partial charge in [0.25, 0.3) is 0 Å². The average Bonchev–Trinajstić information content (AvgIpc) is 2.78. The van der Waals surface area contributed by atoms with Crippen molar-refractivity contribution in [3.8, 4) is 0 Å².